The predicted molar refractivity (Wildman–Crippen MR) is 84.3 cm³/mol. The van der Waals surface area contributed by atoms with Gasteiger partial charge < -0.3 is 10.5 Å². The lowest BCUT2D eigenvalue weighted by Crippen LogP contribution is -2.04. The van der Waals surface area contributed by atoms with Crippen molar-refractivity contribution in [1.82, 2.24) is 0 Å². The largest absolute Gasteiger partial charge is 0.457 e. The summed E-state index contributed by atoms with van der Waals surface area (Å²) in [5, 5.41) is 0. The molecule has 0 aromatic heterocycles. The van der Waals surface area contributed by atoms with Crippen LogP contribution in [-0.4, -0.2) is 0 Å². The fraction of sp³-hybridized carbons (Fsp3) is 0.333. The molecule has 0 heterocycles. The molecule has 0 radical (unpaired) electrons. The van der Waals surface area contributed by atoms with Gasteiger partial charge in [0.1, 0.15) is 11.5 Å². The van der Waals surface area contributed by atoms with E-state index < -0.39 is 0 Å². The lowest BCUT2D eigenvalue weighted by molar-refractivity contribution is 0.470. The van der Waals surface area contributed by atoms with Crippen LogP contribution >= 0.6 is 0 Å². The Morgan fingerprint density at radius 3 is 2.25 bits per heavy atom. The van der Waals surface area contributed by atoms with E-state index in [2.05, 4.69) is 26.0 Å². The molecule has 2 rings (SSSR count). The van der Waals surface area contributed by atoms with Crippen molar-refractivity contribution in [2.24, 2.45) is 5.73 Å². The lowest BCUT2D eigenvalue weighted by atomic mass is 9.98. The molecule has 0 saturated carbocycles. The van der Waals surface area contributed by atoms with Gasteiger partial charge in [-0.05, 0) is 48.6 Å². The number of benzene rings is 2. The zero-order valence-electron chi connectivity index (χ0n) is 12.5. The summed E-state index contributed by atoms with van der Waals surface area (Å²) in [6, 6.07) is 16.3. The highest BCUT2D eigenvalue weighted by Gasteiger charge is 2.10. The summed E-state index contributed by atoms with van der Waals surface area (Å²) < 4.78 is 6.03. The monoisotopic (exact) mass is 269 g/mol. The number of hydrogen-bond acceptors (Lipinski definition) is 2. The lowest BCUT2D eigenvalue weighted by Gasteiger charge is -2.15. The minimum Gasteiger partial charge on any atom is -0.457 e. The van der Waals surface area contributed by atoms with Gasteiger partial charge in [-0.2, -0.15) is 0 Å². The molecule has 2 N–H and O–H groups in total. The van der Waals surface area contributed by atoms with E-state index in [-0.39, 0.29) is 6.04 Å². The Hall–Kier alpha value is -1.80. The van der Waals surface area contributed by atoms with E-state index in [4.69, 9.17) is 10.5 Å². The van der Waals surface area contributed by atoms with Gasteiger partial charge >= 0.3 is 0 Å². The van der Waals surface area contributed by atoms with Crippen LogP contribution in [0.4, 0.5) is 0 Å². The van der Waals surface area contributed by atoms with Crippen LogP contribution in [-0.2, 0) is 0 Å². The zero-order valence-corrected chi connectivity index (χ0v) is 12.5. The molecule has 0 spiro atoms. The van der Waals surface area contributed by atoms with E-state index in [1.54, 1.807) is 0 Å². The second kappa shape index (κ2) is 6.58. The Labute approximate surface area is 121 Å². The maximum atomic E-state index is 6.03. The van der Waals surface area contributed by atoms with Crippen LogP contribution in [0.1, 0.15) is 50.3 Å². The van der Waals surface area contributed by atoms with Crippen LogP contribution in [0.5, 0.6) is 11.5 Å². The van der Waals surface area contributed by atoms with Crippen molar-refractivity contribution in [3.63, 3.8) is 0 Å². The molecule has 2 unspecified atom stereocenters. The van der Waals surface area contributed by atoms with Crippen LogP contribution < -0.4 is 10.5 Å². The van der Waals surface area contributed by atoms with Crippen LogP contribution in [0.25, 0.3) is 0 Å². The predicted octanol–water partition coefficient (Wildman–Crippen LogP) is 5.01. The normalized spacial score (nSPS) is 13.8. The summed E-state index contributed by atoms with van der Waals surface area (Å²) in [4.78, 5) is 0. The molecule has 2 atom stereocenters. The van der Waals surface area contributed by atoms with Crippen molar-refractivity contribution in [2.45, 2.75) is 39.2 Å². The minimum absolute atomic E-state index is 0.0523. The molecular formula is C18H23NO. The second-order valence-electron chi connectivity index (χ2n) is 5.31. The van der Waals surface area contributed by atoms with Gasteiger partial charge in [0.05, 0.1) is 0 Å². The van der Waals surface area contributed by atoms with Gasteiger partial charge in [0.15, 0.2) is 0 Å². The van der Waals surface area contributed by atoms with Gasteiger partial charge in [-0.3, -0.25) is 0 Å². The number of nitrogens with two attached hydrogens (primary N) is 1. The van der Waals surface area contributed by atoms with Crippen LogP contribution in [0.3, 0.4) is 0 Å². The second-order valence-corrected chi connectivity index (χ2v) is 5.31. The van der Waals surface area contributed by atoms with Crippen molar-refractivity contribution in [2.75, 3.05) is 0 Å². The van der Waals surface area contributed by atoms with Crippen molar-refractivity contribution in [1.29, 1.82) is 0 Å². The van der Waals surface area contributed by atoms with E-state index in [1.807, 2.05) is 43.3 Å². The highest BCUT2D eigenvalue weighted by Crippen LogP contribution is 2.32. The average Bonchev–Trinajstić information content (AvgIpc) is 2.47. The first kappa shape index (κ1) is 14.6. The molecule has 0 aliphatic rings. The highest BCUT2D eigenvalue weighted by atomic mass is 16.5. The van der Waals surface area contributed by atoms with Gasteiger partial charge in [-0.1, -0.05) is 44.2 Å². The topological polar surface area (TPSA) is 35.2 Å². The van der Waals surface area contributed by atoms with Gasteiger partial charge in [-0.25, -0.2) is 0 Å². The zero-order chi connectivity index (χ0) is 14.5. The number of ether oxygens (including phenoxy) is 1. The van der Waals surface area contributed by atoms with E-state index in [0.717, 1.165) is 23.5 Å². The van der Waals surface area contributed by atoms with Crippen LogP contribution in [0, 0.1) is 0 Å². The third kappa shape index (κ3) is 3.40. The standard InChI is InChI=1S/C18H23NO/c1-4-13(2)17-7-5-6-8-18(17)20-16-11-9-15(10-12-16)14(3)19/h5-14H,4,19H2,1-3H3. The van der Waals surface area contributed by atoms with Crippen molar-refractivity contribution in [3.8, 4) is 11.5 Å². The minimum atomic E-state index is 0.0523. The third-order valence-electron chi connectivity index (χ3n) is 3.70. The molecule has 2 aromatic rings. The smallest absolute Gasteiger partial charge is 0.130 e. The molecule has 0 saturated heterocycles. The van der Waals surface area contributed by atoms with Gasteiger partial charge in [0, 0.05) is 6.04 Å². The van der Waals surface area contributed by atoms with Crippen LogP contribution in [0.2, 0.25) is 0 Å². The van der Waals surface area contributed by atoms with E-state index in [0.29, 0.717) is 5.92 Å². The van der Waals surface area contributed by atoms with Crippen LogP contribution in [0.15, 0.2) is 48.5 Å². The maximum Gasteiger partial charge on any atom is 0.130 e. The summed E-state index contributed by atoms with van der Waals surface area (Å²) in [5.41, 5.74) is 8.23. The Balaban J connectivity index is 2.21. The molecule has 106 valence electrons. The van der Waals surface area contributed by atoms with Crippen molar-refractivity contribution < 1.29 is 4.74 Å². The Bertz CT molecular complexity index is 546. The van der Waals surface area contributed by atoms with E-state index in [9.17, 15) is 0 Å². The summed E-state index contributed by atoms with van der Waals surface area (Å²) in [6.07, 6.45) is 1.10. The summed E-state index contributed by atoms with van der Waals surface area (Å²) >= 11 is 0. The molecule has 2 heteroatoms. The number of hydrogen-bond donors (Lipinski definition) is 1. The summed E-state index contributed by atoms with van der Waals surface area (Å²) in [5.74, 6) is 2.29. The molecular weight excluding hydrogens is 246 g/mol. The van der Waals surface area contributed by atoms with E-state index >= 15 is 0 Å². The SMILES string of the molecule is CCC(C)c1ccccc1Oc1ccc(C(C)N)cc1. The fourth-order valence-corrected chi connectivity index (χ4v) is 2.17. The Kier molecular flexibility index (Phi) is 4.80. The summed E-state index contributed by atoms with van der Waals surface area (Å²) in [7, 11) is 0. The van der Waals surface area contributed by atoms with E-state index in [1.165, 1.54) is 5.56 Å². The Morgan fingerprint density at radius 2 is 1.65 bits per heavy atom. The van der Waals surface area contributed by atoms with Gasteiger partial charge in [-0.15, -0.1) is 0 Å². The fourth-order valence-electron chi connectivity index (χ4n) is 2.17. The molecule has 20 heavy (non-hydrogen) atoms. The first-order valence-corrected chi connectivity index (χ1v) is 7.24. The third-order valence-corrected chi connectivity index (χ3v) is 3.70. The highest BCUT2D eigenvalue weighted by molar-refractivity contribution is 5.40. The Morgan fingerprint density at radius 1 is 1.00 bits per heavy atom. The molecule has 2 aromatic carbocycles. The number of para-hydroxylation sites is 1. The molecule has 0 amide bonds. The quantitative estimate of drug-likeness (QED) is 0.827. The first-order valence-electron chi connectivity index (χ1n) is 7.24. The number of rotatable bonds is 5. The van der Waals surface area contributed by atoms with Gasteiger partial charge in [0.25, 0.3) is 0 Å². The molecule has 2 nitrogen and oxygen atoms in total. The first-order chi connectivity index (χ1) is 9.61. The van der Waals surface area contributed by atoms with Crippen molar-refractivity contribution >= 4 is 0 Å². The average molecular weight is 269 g/mol. The molecule has 0 aliphatic heterocycles. The molecule has 0 bridgehead atoms. The molecule has 0 fully saturated rings. The molecule has 0 aliphatic carbocycles. The van der Waals surface area contributed by atoms with Crippen molar-refractivity contribution in [3.05, 3.63) is 59.7 Å². The maximum absolute atomic E-state index is 6.03. The summed E-state index contributed by atoms with van der Waals surface area (Å²) in [6.45, 7) is 6.40. The van der Waals surface area contributed by atoms with Gasteiger partial charge in [0.2, 0.25) is 0 Å².